The van der Waals surface area contributed by atoms with Crippen LogP contribution in [0.25, 0.3) is 0 Å². The molecule has 1 fully saturated rings. The van der Waals surface area contributed by atoms with Gasteiger partial charge in [-0.2, -0.15) is 0 Å². The van der Waals surface area contributed by atoms with Crippen molar-refractivity contribution in [2.45, 2.75) is 50.4 Å². The SMILES string of the molecule is O=C(O[C@@H]1Cc2c(O)cccc2OC1c1cc(O)c(O)c(O)c1)C1CCC(O)CC1. The highest BCUT2D eigenvalue weighted by atomic mass is 16.6. The molecular weight excluding hydrogens is 392 g/mol. The molecule has 30 heavy (non-hydrogen) atoms. The van der Waals surface area contributed by atoms with Gasteiger partial charge in [-0.3, -0.25) is 4.79 Å². The van der Waals surface area contributed by atoms with Crippen LogP contribution < -0.4 is 4.74 Å². The zero-order valence-corrected chi connectivity index (χ0v) is 16.2. The highest BCUT2D eigenvalue weighted by molar-refractivity contribution is 5.73. The Labute approximate surface area is 172 Å². The Kier molecular flexibility index (Phi) is 5.34. The van der Waals surface area contributed by atoms with E-state index in [1.165, 1.54) is 18.2 Å². The van der Waals surface area contributed by atoms with Gasteiger partial charge in [-0.25, -0.2) is 0 Å². The van der Waals surface area contributed by atoms with E-state index in [-0.39, 0.29) is 18.1 Å². The number of hydrogen-bond donors (Lipinski definition) is 5. The van der Waals surface area contributed by atoms with E-state index in [0.29, 0.717) is 42.6 Å². The second-order valence-corrected chi connectivity index (χ2v) is 7.88. The molecule has 0 radical (unpaired) electrons. The topological polar surface area (TPSA) is 137 Å². The van der Waals surface area contributed by atoms with Crippen LogP contribution in [0.15, 0.2) is 30.3 Å². The Morgan fingerprint density at radius 3 is 2.30 bits per heavy atom. The molecule has 4 rings (SSSR count). The monoisotopic (exact) mass is 416 g/mol. The molecule has 1 aliphatic carbocycles. The number of carbonyl (C=O) groups is 1. The van der Waals surface area contributed by atoms with E-state index in [1.807, 2.05) is 0 Å². The highest BCUT2D eigenvalue weighted by Gasteiger charge is 2.38. The second-order valence-electron chi connectivity index (χ2n) is 7.88. The first-order chi connectivity index (χ1) is 14.3. The number of benzene rings is 2. The van der Waals surface area contributed by atoms with E-state index in [2.05, 4.69) is 0 Å². The summed E-state index contributed by atoms with van der Waals surface area (Å²) >= 11 is 0. The molecule has 1 heterocycles. The van der Waals surface area contributed by atoms with Crippen LogP contribution in [-0.4, -0.2) is 43.7 Å². The van der Waals surface area contributed by atoms with Crippen molar-refractivity contribution >= 4 is 5.97 Å². The zero-order valence-electron chi connectivity index (χ0n) is 16.2. The zero-order chi connectivity index (χ0) is 21.4. The van der Waals surface area contributed by atoms with Gasteiger partial charge in [0.05, 0.1) is 12.0 Å². The molecule has 0 saturated heterocycles. The third-order valence-corrected chi connectivity index (χ3v) is 5.82. The lowest BCUT2D eigenvalue weighted by molar-refractivity contribution is -0.162. The summed E-state index contributed by atoms with van der Waals surface area (Å²) in [7, 11) is 0. The Morgan fingerprint density at radius 2 is 1.63 bits per heavy atom. The molecule has 1 saturated carbocycles. The first-order valence-corrected chi connectivity index (χ1v) is 9.94. The lowest BCUT2D eigenvalue weighted by atomic mass is 9.87. The number of phenolic OH excluding ortho intramolecular Hbond substituents is 4. The fraction of sp³-hybridized carbons (Fsp3) is 0.409. The summed E-state index contributed by atoms with van der Waals surface area (Å²) in [6, 6.07) is 7.29. The van der Waals surface area contributed by atoms with E-state index in [1.54, 1.807) is 12.1 Å². The van der Waals surface area contributed by atoms with Gasteiger partial charge >= 0.3 is 5.97 Å². The molecule has 8 heteroatoms. The minimum Gasteiger partial charge on any atom is -0.508 e. The maximum atomic E-state index is 12.8. The van der Waals surface area contributed by atoms with E-state index in [0.717, 1.165) is 0 Å². The fourth-order valence-electron chi connectivity index (χ4n) is 4.12. The number of hydrogen-bond acceptors (Lipinski definition) is 8. The van der Waals surface area contributed by atoms with Crippen molar-refractivity contribution in [1.82, 2.24) is 0 Å². The quantitative estimate of drug-likeness (QED) is 0.380. The van der Waals surface area contributed by atoms with Gasteiger partial charge in [0.25, 0.3) is 0 Å². The number of esters is 1. The van der Waals surface area contributed by atoms with Crippen LogP contribution in [-0.2, 0) is 16.0 Å². The molecule has 2 aromatic carbocycles. The van der Waals surface area contributed by atoms with Crippen molar-refractivity contribution < 1.29 is 39.8 Å². The molecule has 0 spiro atoms. The van der Waals surface area contributed by atoms with Crippen molar-refractivity contribution in [3.63, 3.8) is 0 Å². The first kappa shape index (κ1) is 20.2. The molecule has 0 amide bonds. The minimum absolute atomic E-state index is 0.0178. The Morgan fingerprint density at radius 1 is 0.967 bits per heavy atom. The van der Waals surface area contributed by atoms with Gasteiger partial charge in [0, 0.05) is 17.5 Å². The Hall–Kier alpha value is -3.13. The smallest absolute Gasteiger partial charge is 0.309 e. The fourth-order valence-corrected chi connectivity index (χ4v) is 4.12. The first-order valence-electron chi connectivity index (χ1n) is 9.94. The molecule has 160 valence electrons. The van der Waals surface area contributed by atoms with Gasteiger partial charge < -0.3 is 35.0 Å². The molecule has 2 aliphatic rings. The van der Waals surface area contributed by atoms with Gasteiger partial charge in [-0.15, -0.1) is 0 Å². The predicted octanol–water partition coefficient (Wildman–Crippen LogP) is 2.65. The van der Waals surface area contributed by atoms with Gasteiger partial charge in [-0.1, -0.05) is 6.07 Å². The maximum Gasteiger partial charge on any atom is 0.309 e. The van der Waals surface area contributed by atoms with Crippen LogP contribution in [0, 0.1) is 5.92 Å². The van der Waals surface area contributed by atoms with Gasteiger partial charge in [-0.05, 0) is 49.9 Å². The third-order valence-electron chi connectivity index (χ3n) is 5.82. The molecule has 2 aromatic rings. The summed E-state index contributed by atoms with van der Waals surface area (Å²) in [5.74, 6) is -2.03. The number of aliphatic hydroxyl groups excluding tert-OH is 1. The Balaban J connectivity index is 1.64. The largest absolute Gasteiger partial charge is 0.508 e. The average molecular weight is 416 g/mol. The number of phenols is 4. The molecule has 8 nitrogen and oxygen atoms in total. The average Bonchev–Trinajstić information content (AvgIpc) is 2.72. The number of ether oxygens (including phenoxy) is 2. The molecule has 0 bridgehead atoms. The maximum absolute atomic E-state index is 12.8. The highest BCUT2D eigenvalue weighted by Crippen LogP contribution is 2.44. The molecule has 1 aliphatic heterocycles. The van der Waals surface area contributed by atoms with Crippen LogP contribution in [0.1, 0.15) is 42.9 Å². The van der Waals surface area contributed by atoms with Gasteiger partial charge in [0.2, 0.25) is 0 Å². The van der Waals surface area contributed by atoms with Crippen LogP contribution in [0.5, 0.6) is 28.7 Å². The molecule has 1 unspecified atom stereocenters. The van der Waals surface area contributed by atoms with Gasteiger partial charge in [0.1, 0.15) is 17.6 Å². The standard InChI is InChI=1S/C22H24O8/c23-13-6-4-11(5-7-13)22(28)30-19-10-14-15(24)2-1-3-18(14)29-21(19)12-8-16(25)20(27)17(26)9-12/h1-3,8-9,11,13,19,21,23-27H,4-7,10H2/t11?,13?,19-,21?/m1/s1. The van der Waals surface area contributed by atoms with Crippen LogP contribution in [0.3, 0.4) is 0 Å². The van der Waals surface area contributed by atoms with Crippen molar-refractivity contribution in [1.29, 1.82) is 0 Å². The lowest BCUT2D eigenvalue weighted by Crippen LogP contribution is -2.37. The summed E-state index contributed by atoms with van der Waals surface area (Å²) in [6.45, 7) is 0. The van der Waals surface area contributed by atoms with E-state index >= 15 is 0 Å². The van der Waals surface area contributed by atoms with E-state index in [9.17, 15) is 30.3 Å². The van der Waals surface area contributed by atoms with E-state index in [4.69, 9.17) is 9.47 Å². The number of carbonyl (C=O) groups excluding carboxylic acids is 1. The van der Waals surface area contributed by atoms with E-state index < -0.39 is 41.5 Å². The van der Waals surface area contributed by atoms with Crippen molar-refractivity contribution in [3.8, 4) is 28.7 Å². The molecule has 5 N–H and O–H groups in total. The number of aliphatic hydroxyl groups is 1. The number of rotatable bonds is 3. The van der Waals surface area contributed by atoms with Gasteiger partial charge in [0.15, 0.2) is 23.4 Å². The summed E-state index contributed by atoms with van der Waals surface area (Å²) in [4.78, 5) is 12.8. The summed E-state index contributed by atoms with van der Waals surface area (Å²) in [5.41, 5.74) is 0.812. The molecule has 2 atom stereocenters. The predicted molar refractivity (Wildman–Crippen MR) is 104 cm³/mol. The normalized spacial score (nSPS) is 25.8. The summed E-state index contributed by atoms with van der Waals surface area (Å²) in [5, 5.41) is 49.3. The van der Waals surface area contributed by atoms with Crippen molar-refractivity contribution in [2.75, 3.05) is 0 Å². The van der Waals surface area contributed by atoms with Crippen LogP contribution in [0.4, 0.5) is 0 Å². The molecular formula is C22H24O8. The van der Waals surface area contributed by atoms with Crippen LogP contribution >= 0.6 is 0 Å². The Bertz CT molecular complexity index is 925. The minimum atomic E-state index is -0.866. The number of fused-ring (bicyclic) bond motifs is 1. The third kappa shape index (κ3) is 3.82. The van der Waals surface area contributed by atoms with Crippen molar-refractivity contribution in [2.24, 2.45) is 5.92 Å². The van der Waals surface area contributed by atoms with Crippen LogP contribution in [0.2, 0.25) is 0 Å². The summed E-state index contributed by atoms with van der Waals surface area (Å²) < 4.78 is 11.8. The van der Waals surface area contributed by atoms with Crippen molar-refractivity contribution in [3.05, 3.63) is 41.5 Å². The number of aromatic hydroxyl groups is 4. The second kappa shape index (κ2) is 7.95. The summed E-state index contributed by atoms with van der Waals surface area (Å²) in [6.07, 6.45) is 0.217. The molecule has 0 aromatic heterocycles. The lowest BCUT2D eigenvalue weighted by Gasteiger charge is -2.35.